The van der Waals surface area contributed by atoms with Crippen molar-refractivity contribution in [3.05, 3.63) is 27.6 Å². The maximum absolute atomic E-state index is 12.2. The Morgan fingerprint density at radius 1 is 1.45 bits per heavy atom. The minimum atomic E-state index is 0.258. The van der Waals surface area contributed by atoms with Crippen molar-refractivity contribution in [2.24, 2.45) is 11.3 Å². The maximum atomic E-state index is 12.2. The highest BCUT2D eigenvalue weighted by atomic mass is 79.9. The molecule has 2 aromatic rings. The minimum Gasteiger partial charge on any atom is -0.371 e. The predicted molar refractivity (Wildman–Crippen MR) is 84.2 cm³/mol. The summed E-state index contributed by atoms with van der Waals surface area (Å²) in [6.07, 6.45) is 4.83. The number of aromatic amines is 1. The molecule has 1 aromatic carbocycles. The fraction of sp³-hybridized carbons (Fsp3) is 0.533. The molecule has 2 aliphatic carbocycles. The van der Waals surface area contributed by atoms with E-state index in [1.54, 1.807) is 18.2 Å². The number of benzene rings is 1. The fourth-order valence-electron chi connectivity index (χ4n) is 4.19. The summed E-state index contributed by atoms with van der Waals surface area (Å²) in [5.41, 5.74) is 1.10. The van der Waals surface area contributed by atoms with Crippen LogP contribution in [-0.2, 0) is 0 Å². The molecule has 0 spiro atoms. The average molecular weight is 367 g/mol. The van der Waals surface area contributed by atoms with Crippen LogP contribution in [0, 0.1) is 16.2 Å². The van der Waals surface area contributed by atoms with Crippen molar-refractivity contribution in [2.45, 2.75) is 38.6 Å². The van der Waals surface area contributed by atoms with Gasteiger partial charge >= 0.3 is 11.5 Å². The Morgan fingerprint density at radius 3 is 2.95 bits per heavy atom. The molecule has 3 N–H and O–H groups in total. The van der Waals surface area contributed by atoms with E-state index in [1.807, 2.05) is 0 Å². The number of H-pyrrole nitrogens is 1. The first-order valence-corrected chi connectivity index (χ1v) is 8.41. The molecule has 0 unspecified atom stereocenters. The van der Waals surface area contributed by atoms with Gasteiger partial charge in [0.1, 0.15) is 0 Å². The van der Waals surface area contributed by atoms with E-state index in [0.29, 0.717) is 21.5 Å². The highest BCUT2D eigenvalue weighted by Crippen LogP contribution is 2.54. The summed E-state index contributed by atoms with van der Waals surface area (Å²) in [6, 6.07) is 5.48. The van der Waals surface area contributed by atoms with E-state index in [-0.39, 0.29) is 11.5 Å². The van der Waals surface area contributed by atoms with Crippen molar-refractivity contribution < 1.29 is 14.5 Å². The molecule has 1 aromatic heterocycles. The summed E-state index contributed by atoms with van der Waals surface area (Å²) in [5, 5.41) is 16.5. The smallest absolute Gasteiger partial charge is 0.371 e. The van der Waals surface area contributed by atoms with Gasteiger partial charge in [-0.1, -0.05) is 22.9 Å². The van der Waals surface area contributed by atoms with Crippen LogP contribution in [0.4, 0.5) is 5.95 Å². The number of rotatable bonds is 2. The van der Waals surface area contributed by atoms with Gasteiger partial charge in [0.15, 0.2) is 0 Å². The number of aromatic nitrogens is 3. The van der Waals surface area contributed by atoms with Crippen molar-refractivity contribution in [2.75, 3.05) is 5.32 Å². The van der Waals surface area contributed by atoms with Crippen LogP contribution in [-0.4, -0.2) is 16.3 Å². The van der Waals surface area contributed by atoms with Gasteiger partial charge in [0.05, 0.1) is 10.9 Å². The van der Waals surface area contributed by atoms with Gasteiger partial charge in [-0.25, -0.2) is 0 Å². The maximum Gasteiger partial charge on any atom is 0.449 e. The number of halogens is 1. The molecule has 0 radical (unpaired) electrons. The lowest BCUT2D eigenvalue weighted by atomic mass is 9.82. The van der Waals surface area contributed by atoms with Gasteiger partial charge in [0.25, 0.3) is 0 Å². The zero-order chi connectivity index (χ0) is 15.5. The molecule has 2 bridgehead atoms. The molecule has 2 aliphatic rings. The summed E-state index contributed by atoms with van der Waals surface area (Å²) < 4.78 is 2.51. The van der Waals surface area contributed by atoms with E-state index in [1.165, 1.54) is 19.3 Å². The molecule has 4 rings (SSSR count). The Morgan fingerprint density at radius 2 is 2.27 bits per heavy atom. The lowest BCUT2D eigenvalue weighted by Gasteiger charge is -2.28. The van der Waals surface area contributed by atoms with Crippen LogP contribution in [0.15, 0.2) is 22.7 Å². The number of hydrogen-bond donors (Lipinski definition) is 3. The topological polar surface area (TPSA) is 74.9 Å². The van der Waals surface area contributed by atoms with Crippen LogP contribution in [0.1, 0.15) is 32.6 Å². The molecular formula is C15H19BrN4O2+2. The van der Waals surface area contributed by atoms with Crippen LogP contribution < -0.4 is 14.6 Å². The quantitative estimate of drug-likeness (QED) is 0.564. The van der Waals surface area contributed by atoms with Crippen molar-refractivity contribution in [1.29, 1.82) is 0 Å². The van der Waals surface area contributed by atoms with Crippen LogP contribution in [0.25, 0.3) is 11.0 Å². The third kappa shape index (κ3) is 2.02. The molecule has 116 valence electrons. The third-order valence-corrected chi connectivity index (χ3v) is 5.90. The molecule has 22 heavy (non-hydrogen) atoms. The molecular weight excluding hydrogens is 348 g/mol. The Labute approximate surface area is 135 Å². The molecule has 0 aliphatic heterocycles. The van der Waals surface area contributed by atoms with E-state index >= 15 is 0 Å². The van der Waals surface area contributed by atoms with Gasteiger partial charge in [-0.2, -0.15) is 0 Å². The van der Waals surface area contributed by atoms with Crippen LogP contribution in [0.2, 0.25) is 0 Å². The van der Waals surface area contributed by atoms with Gasteiger partial charge in [-0.15, -0.1) is 0 Å². The molecule has 6 nitrogen and oxygen atoms in total. The fourth-order valence-corrected chi connectivity index (χ4v) is 4.54. The van der Waals surface area contributed by atoms with Crippen LogP contribution >= 0.6 is 15.9 Å². The van der Waals surface area contributed by atoms with E-state index in [2.05, 4.69) is 33.3 Å². The minimum absolute atomic E-state index is 0.258. The summed E-state index contributed by atoms with van der Waals surface area (Å²) in [4.78, 5) is 12.2. The Hall–Kier alpha value is -1.63. The van der Waals surface area contributed by atoms with E-state index in [4.69, 9.17) is 0 Å². The molecule has 0 amide bonds. The molecule has 2 fully saturated rings. The second kappa shape index (κ2) is 4.68. The standard InChI is InChI=1S/C15H18BrN4O2/c1-15-5-4-9(8-15)6-13(15)17-14-18-20(22)12-7-10(16)2-3-11(12)19(14)21/h2-3,7,9,13,21H,4-6,8H2,1H3,(H,17,18,22)/q+1/p+1/t9-,13-,15-/m1/s1. The van der Waals surface area contributed by atoms with Gasteiger partial charge in [0, 0.05) is 21.1 Å². The lowest BCUT2D eigenvalue weighted by Crippen LogP contribution is -2.46. The number of nitrogens with one attached hydrogen (secondary N) is 2. The monoisotopic (exact) mass is 366 g/mol. The second-order valence-electron chi connectivity index (χ2n) is 6.90. The molecule has 0 saturated heterocycles. The summed E-state index contributed by atoms with van der Waals surface area (Å²) >= 11 is 3.34. The zero-order valence-corrected chi connectivity index (χ0v) is 13.9. The van der Waals surface area contributed by atoms with Crippen LogP contribution in [0.5, 0.6) is 0 Å². The molecule has 7 heteroatoms. The SMILES string of the molecule is C[C@]12CC[C@H](C[C@H]1Nc1[nH][n+](=O)c3cc(Br)ccc3[n+]1O)C2. The van der Waals surface area contributed by atoms with Crippen molar-refractivity contribution in [3.8, 4) is 0 Å². The molecule has 2 saturated carbocycles. The summed E-state index contributed by atoms with van der Waals surface area (Å²) in [6.45, 7) is 2.29. The third-order valence-electron chi connectivity index (χ3n) is 5.40. The first-order chi connectivity index (χ1) is 10.5. The zero-order valence-electron chi connectivity index (χ0n) is 12.3. The molecule has 1 heterocycles. The average Bonchev–Trinajstić information content (AvgIpc) is 3.00. The van der Waals surface area contributed by atoms with Gasteiger partial charge < -0.3 is 5.21 Å². The lowest BCUT2D eigenvalue weighted by molar-refractivity contribution is -0.881. The number of fused-ring (bicyclic) bond motifs is 3. The van der Waals surface area contributed by atoms with E-state index in [0.717, 1.165) is 21.5 Å². The highest BCUT2D eigenvalue weighted by Gasteiger charge is 2.51. The summed E-state index contributed by atoms with van der Waals surface area (Å²) in [7, 11) is 0. The number of nitrogens with zero attached hydrogens (tertiary/aromatic N) is 2. The van der Waals surface area contributed by atoms with Gasteiger partial charge in [-0.05, 0) is 48.5 Å². The molecule has 3 atom stereocenters. The van der Waals surface area contributed by atoms with Crippen molar-refractivity contribution >= 4 is 32.9 Å². The first kappa shape index (κ1) is 14.0. The number of anilines is 1. The normalized spacial score (nSPS) is 30.1. The van der Waals surface area contributed by atoms with E-state index in [9.17, 15) is 10.1 Å². The van der Waals surface area contributed by atoms with Crippen molar-refractivity contribution in [1.82, 2.24) is 5.10 Å². The van der Waals surface area contributed by atoms with Crippen molar-refractivity contribution in [3.63, 3.8) is 0 Å². The second-order valence-corrected chi connectivity index (χ2v) is 7.81. The largest absolute Gasteiger partial charge is 0.449 e. The number of hydrogen-bond acceptors (Lipinski definition) is 3. The highest BCUT2D eigenvalue weighted by molar-refractivity contribution is 9.10. The Balaban J connectivity index is 1.75. The summed E-state index contributed by atoms with van der Waals surface area (Å²) in [5.74, 6) is 1.11. The Bertz CT molecular complexity index is 821. The predicted octanol–water partition coefficient (Wildman–Crippen LogP) is 2.36. The van der Waals surface area contributed by atoms with Gasteiger partial charge in [-0.3, -0.25) is 5.32 Å². The first-order valence-electron chi connectivity index (χ1n) is 7.62. The van der Waals surface area contributed by atoms with E-state index < -0.39 is 0 Å². The van der Waals surface area contributed by atoms with Crippen LogP contribution in [0.3, 0.4) is 0 Å². The van der Waals surface area contributed by atoms with Gasteiger partial charge in [0.2, 0.25) is 10.1 Å². The Kier molecular flexibility index (Phi) is 2.98.